The number of anilines is 5. The lowest BCUT2D eigenvalue weighted by Crippen LogP contribution is -2.19. The number of furan rings is 2. The summed E-state index contributed by atoms with van der Waals surface area (Å²) in [7, 11) is 0. The first-order chi connectivity index (χ1) is 33.7. The van der Waals surface area contributed by atoms with Crippen LogP contribution in [0, 0.1) is 0 Å². The number of rotatable bonds is 9. The zero-order valence-electron chi connectivity index (χ0n) is 37.4. The Labute approximate surface area is 393 Å². The van der Waals surface area contributed by atoms with Crippen LogP contribution in [0.5, 0.6) is 0 Å². The average Bonchev–Trinajstić information content (AvgIpc) is 3.99. The van der Waals surface area contributed by atoms with E-state index in [-0.39, 0.29) is 0 Å². The molecule has 0 radical (unpaired) electrons. The molecule has 13 aromatic rings. The summed E-state index contributed by atoms with van der Waals surface area (Å²) in [6, 6.07) is 82.6. The van der Waals surface area contributed by atoms with E-state index < -0.39 is 0 Å². The van der Waals surface area contributed by atoms with E-state index in [0.717, 1.165) is 94.4 Å². The molecule has 322 valence electrons. The number of hydrogen-bond acceptors (Lipinski definition) is 4. The third-order valence-corrected chi connectivity index (χ3v) is 13.7. The molecule has 2 aromatic heterocycles. The molecule has 11 aromatic carbocycles. The molecule has 0 N–H and O–H groups in total. The van der Waals surface area contributed by atoms with Gasteiger partial charge >= 0.3 is 0 Å². The van der Waals surface area contributed by atoms with Gasteiger partial charge in [0.15, 0.2) is 11.2 Å². The van der Waals surface area contributed by atoms with Gasteiger partial charge in [-0.25, -0.2) is 0 Å². The monoisotopic (exact) mass is 872 g/mol. The van der Waals surface area contributed by atoms with E-state index in [4.69, 9.17) is 8.83 Å². The van der Waals surface area contributed by atoms with Crippen molar-refractivity contribution in [1.29, 1.82) is 0 Å². The maximum atomic E-state index is 6.81. The van der Waals surface area contributed by atoms with Gasteiger partial charge < -0.3 is 18.6 Å². The maximum absolute atomic E-state index is 6.81. The Kier molecular flexibility index (Phi) is 9.43. The quantitative estimate of drug-likeness (QED) is 0.145. The standard InChI is InChI=1S/C64H44N2O2/c1-2-42-35-37-55-56(66(50-24-14-22-47(40-50)44-19-7-4-8-20-44)58-30-16-28-54-52-26-10-12-32-60(52)68-64(54)58)38-36-45-33-34-48(61(42)62(45)55)41-65(49-23-13-21-46(39-49)43-17-5-3-6-18-43)57-29-15-27-53-51-25-9-11-31-59(51)67-63(53)57/h2-40H,41H2,1H3/b42-2-. The molecule has 0 atom stereocenters. The van der Waals surface area contributed by atoms with Crippen LogP contribution in [-0.2, 0) is 6.54 Å². The molecule has 0 saturated carbocycles. The van der Waals surface area contributed by atoms with Gasteiger partial charge in [-0.2, -0.15) is 0 Å². The highest BCUT2D eigenvalue weighted by Crippen LogP contribution is 2.47. The molecule has 0 bridgehead atoms. The largest absolute Gasteiger partial charge is 0.454 e. The SMILES string of the molecule is C/C=c1/ccc2c(N(c3cccc(-c4ccccc4)c3)c3cccc4c3oc3ccccc34)ccc3ccc(CN(c4cccc(-c5ccccc5)c4)c4cccc5c4oc4ccccc45)c1c32. The van der Waals surface area contributed by atoms with Crippen LogP contribution in [0.2, 0.25) is 0 Å². The van der Waals surface area contributed by atoms with Crippen LogP contribution in [-0.4, -0.2) is 0 Å². The van der Waals surface area contributed by atoms with Crippen LogP contribution in [0.15, 0.2) is 239 Å². The smallest absolute Gasteiger partial charge is 0.159 e. The number of nitrogens with zero attached hydrogens (tertiary/aromatic N) is 2. The molecule has 0 amide bonds. The minimum atomic E-state index is 0.593. The van der Waals surface area contributed by atoms with Crippen molar-refractivity contribution >= 4 is 99.9 Å². The van der Waals surface area contributed by atoms with E-state index in [1.807, 2.05) is 12.1 Å². The zero-order valence-corrected chi connectivity index (χ0v) is 37.4. The van der Waals surface area contributed by atoms with Crippen molar-refractivity contribution in [3.63, 3.8) is 0 Å². The summed E-state index contributed by atoms with van der Waals surface area (Å²) in [6.45, 7) is 2.74. The van der Waals surface area contributed by atoms with Gasteiger partial charge in [0.2, 0.25) is 0 Å². The molecule has 0 aliphatic carbocycles. The Morgan fingerprint density at radius 2 is 0.912 bits per heavy atom. The lowest BCUT2D eigenvalue weighted by Gasteiger charge is -2.29. The topological polar surface area (TPSA) is 32.8 Å². The molecule has 0 aliphatic heterocycles. The number of para-hydroxylation sites is 4. The van der Waals surface area contributed by atoms with Crippen LogP contribution in [0.25, 0.3) is 93.8 Å². The zero-order chi connectivity index (χ0) is 45.1. The molecule has 4 nitrogen and oxygen atoms in total. The molecule has 0 fully saturated rings. The van der Waals surface area contributed by atoms with Gasteiger partial charge in [0.1, 0.15) is 11.2 Å². The summed E-state index contributed by atoms with van der Waals surface area (Å²) in [5, 5.41) is 10.4. The fourth-order valence-corrected chi connectivity index (χ4v) is 10.5. The van der Waals surface area contributed by atoms with Gasteiger partial charge in [0.05, 0.1) is 17.1 Å². The molecule has 2 heterocycles. The first kappa shape index (κ1) is 39.5. The van der Waals surface area contributed by atoms with Crippen molar-refractivity contribution in [2.45, 2.75) is 13.5 Å². The molecular weight excluding hydrogens is 829 g/mol. The van der Waals surface area contributed by atoms with Gasteiger partial charge in [-0.1, -0.05) is 182 Å². The Morgan fingerprint density at radius 1 is 0.382 bits per heavy atom. The third-order valence-electron chi connectivity index (χ3n) is 13.7. The first-order valence-corrected chi connectivity index (χ1v) is 23.3. The van der Waals surface area contributed by atoms with Gasteiger partial charge in [0.25, 0.3) is 0 Å². The molecule has 0 aliphatic rings. The van der Waals surface area contributed by atoms with E-state index in [0.29, 0.717) is 6.54 Å². The Balaban J connectivity index is 1.04. The second-order valence-corrected chi connectivity index (χ2v) is 17.5. The molecule has 0 spiro atoms. The average molecular weight is 873 g/mol. The number of fused-ring (bicyclic) bond motifs is 6. The highest BCUT2D eigenvalue weighted by Gasteiger charge is 2.25. The van der Waals surface area contributed by atoms with E-state index in [9.17, 15) is 0 Å². The minimum absolute atomic E-state index is 0.593. The molecule has 4 heteroatoms. The van der Waals surface area contributed by atoms with Crippen LogP contribution >= 0.6 is 0 Å². The Morgan fingerprint density at radius 3 is 1.57 bits per heavy atom. The van der Waals surface area contributed by atoms with Crippen LogP contribution in [0.1, 0.15) is 12.5 Å². The van der Waals surface area contributed by atoms with E-state index >= 15 is 0 Å². The predicted molar refractivity (Wildman–Crippen MR) is 286 cm³/mol. The second-order valence-electron chi connectivity index (χ2n) is 17.5. The van der Waals surface area contributed by atoms with Crippen molar-refractivity contribution < 1.29 is 8.83 Å². The van der Waals surface area contributed by atoms with Crippen LogP contribution < -0.4 is 15.0 Å². The summed E-state index contributed by atoms with van der Waals surface area (Å²) in [4.78, 5) is 4.84. The first-order valence-electron chi connectivity index (χ1n) is 23.3. The minimum Gasteiger partial charge on any atom is -0.454 e. The molecular formula is C64H44N2O2. The molecule has 0 unspecified atom stereocenters. The number of hydrogen-bond donors (Lipinski definition) is 0. The fraction of sp³-hybridized carbons (Fsp3) is 0.0312. The van der Waals surface area contributed by atoms with Crippen molar-refractivity contribution in [2.75, 3.05) is 9.80 Å². The molecule has 68 heavy (non-hydrogen) atoms. The summed E-state index contributed by atoms with van der Waals surface area (Å²) in [5.74, 6) is 0. The van der Waals surface area contributed by atoms with E-state index in [1.165, 1.54) is 32.5 Å². The third kappa shape index (κ3) is 6.52. The summed E-state index contributed by atoms with van der Waals surface area (Å²) < 4.78 is 13.6. The number of benzene rings is 11. The maximum Gasteiger partial charge on any atom is 0.159 e. The lowest BCUT2D eigenvalue weighted by atomic mass is 9.92. The van der Waals surface area contributed by atoms with Crippen LogP contribution in [0.4, 0.5) is 28.4 Å². The normalized spacial score (nSPS) is 12.0. The lowest BCUT2D eigenvalue weighted by molar-refractivity contribution is 0.667. The van der Waals surface area contributed by atoms with Gasteiger partial charge in [0, 0.05) is 44.9 Å². The summed E-state index contributed by atoms with van der Waals surface area (Å²) in [6.07, 6.45) is 2.25. The highest BCUT2D eigenvalue weighted by atomic mass is 16.3. The van der Waals surface area contributed by atoms with Crippen LogP contribution in [0.3, 0.4) is 0 Å². The van der Waals surface area contributed by atoms with Crippen molar-refractivity contribution in [1.82, 2.24) is 0 Å². The summed E-state index contributed by atoms with van der Waals surface area (Å²) in [5.41, 5.74) is 14.5. The molecule has 0 saturated heterocycles. The summed E-state index contributed by atoms with van der Waals surface area (Å²) >= 11 is 0. The predicted octanol–water partition coefficient (Wildman–Crippen LogP) is 17.5. The van der Waals surface area contributed by atoms with Gasteiger partial charge in [-0.05, 0) is 111 Å². The Hall–Kier alpha value is -8.86. The van der Waals surface area contributed by atoms with E-state index in [2.05, 4.69) is 241 Å². The van der Waals surface area contributed by atoms with Gasteiger partial charge in [-0.3, -0.25) is 0 Å². The van der Waals surface area contributed by atoms with Gasteiger partial charge in [-0.15, -0.1) is 0 Å². The fourth-order valence-electron chi connectivity index (χ4n) is 10.5. The molecule has 13 rings (SSSR count). The van der Waals surface area contributed by atoms with E-state index in [1.54, 1.807) is 0 Å². The second kappa shape index (κ2) is 16.2. The van der Waals surface area contributed by atoms with Crippen molar-refractivity contribution in [3.05, 3.63) is 241 Å². The van der Waals surface area contributed by atoms with Crippen molar-refractivity contribution in [3.8, 4) is 22.3 Å². The van der Waals surface area contributed by atoms with Crippen molar-refractivity contribution in [2.24, 2.45) is 0 Å². The highest BCUT2D eigenvalue weighted by molar-refractivity contribution is 6.18. The Bertz CT molecular complexity index is 4090.